The number of hydrogen-bond acceptors (Lipinski definition) is 0. The molecule has 0 aromatic carbocycles. The van der Waals surface area contributed by atoms with Gasteiger partial charge in [0.15, 0.2) is 0 Å². The van der Waals surface area contributed by atoms with Crippen LogP contribution in [0.2, 0.25) is 0 Å². The number of rotatable bonds is 0. The Hall–Kier alpha value is -0.520. The van der Waals surface area contributed by atoms with Crippen LogP contribution in [0.4, 0.5) is 0 Å². The van der Waals surface area contributed by atoms with Gasteiger partial charge < -0.3 is 0 Å². The Morgan fingerprint density at radius 1 is 1.55 bits per heavy atom. The minimum atomic E-state index is 0.417. The average molecular weight is 148 g/mol. The van der Waals surface area contributed by atoms with Gasteiger partial charge in [0, 0.05) is 5.41 Å². The molecule has 2 aliphatic carbocycles. The van der Waals surface area contributed by atoms with Crippen LogP contribution < -0.4 is 0 Å². The Morgan fingerprint density at radius 3 is 3.18 bits per heavy atom. The summed E-state index contributed by atoms with van der Waals surface area (Å²) in [6.07, 6.45) is 11.3. The van der Waals surface area contributed by atoms with E-state index in [9.17, 15) is 0 Å². The molecule has 60 valence electrons. The summed E-state index contributed by atoms with van der Waals surface area (Å²) in [5.74, 6) is 0.801. The molecule has 2 unspecified atom stereocenters. The highest BCUT2D eigenvalue weighted by Crippen LogP contribution is 2.41. The van der Waals surface area contributed by atoms with Gasteiger partial charge in [-0.2, -0.15) is 0 Å². The topological polar surface area (TPSA) is 0 Å². The second-order valence-electron chi connectivity index (χ2n) is 4.28. The fourth-order valence-electron chi connectivity index (χ4n) is 2.18. The Morgan fingerprint density at radius 2 is 2.36 bits per heavy atom. The van der Waals surface area contributed by atoms with Crippen LogP contribution >= 0.6 is 0 Å². The molecule has 0 saturated carbocycles. The molecule has 2 bridgehead atoms. The smallest absolute Gasteiger partial charge is 0.00418 e. The maximum Gasteiger partial charge on any atom is 0.00418 e. The molecule has 0 radical (unpaired) electrons. The Kier molecular flexibility index (Phi) is 1.45. The van der Waals surface area contributed by atoms with Gasteiger partial charge in [-0.1, -0.05) is 38.5 Å². The minimum absolute atomic E-state index is 0.417. The van der Waals surface area contributed by atoms with E-state index in [1.165, 1.54) is 19.3 Å². The van der Waals surface area contributed by atoms with E-state index in [0.717, 1.165) is 5.92 Å². The average Bonchev–Trinajstić information content (AvgIpc) is 2.25. The van der Waals surface area contributed by atoms with Crippen LogP contribution in [-0.4, -0.2) is 0 Å². The molecule has 0 spiro atoms. The summed E-state index contributed by atoms with van der Waals surface area (Å²) in [5, 5.41) is 0. The lowest BCUT2D eigenvalue weighted by Gasteiger charge is -2.17. The molecule has 0 heteroatoms. The SMILES string of the molecule is CC1CCCC2(C)C=CC1=C2. The van der Waals surface area contributed by atoms with Crippen LogP contribution in [0, 0.1) is 11.3 Å². The number of hydrogen-bond donors (Lipinski definition) is 0. The van der Waals surface area contributed by atoms with Gasteiger partial charge in [0.1, 0.15) is 0 Å². The molecule has 0 saturated heterocycles. The van der Waals surface area contributed by atoms with Crippen LogP contribution in [0.5, 0.6) is 0 Å². The molecular formula is C11H16. The van der Waals surface area contributed by atoms with Crippen molar-refractivity contribution in [2.75, 3.05) is 0 Å². The molecule has 11 heavy (non-hydrogen) atoms. The third-order valence-corrected chi connectivity index (χ3v) is 3.07. The van der Waals surface area contributed by atoms with Gasteiger partial charge in [0.05, 0.1) is 0 Å². The monoisotopic (exact) mass is 148 g/mol. The molecule has 2 atom stereocenters. The highest BCUT2D eigenvalue weighted by atomic mass is 14.3. The normalized spacial score (nSPS) is 42.0. The molecule has 0 nitrogen and oxygen atoms in total. The minimum Gasteiger partial charge on any atom is -0.0745 e. The highest BCUT2D eigenvalue weighted by Gasteiger charge is 2.27. The van der Waals surface area contributed by atoms with E-state index in [1.54, 1.807) is 5.57 Å². The first kappa shape index (κ1) is 7.15. The highest BCUT2D eigenvalue weighted by molar-refractivity contribution is 5.35. The van der Waals surface area contributed by atoms with Gasteiger partial charge in [0.25, 0.3) is 0 Å². The van der Waals surface area contributed by atoms with Crippen molar-refractivity contribution in [1.82, 2.24) is 0 Å². The van der Waals surface area contributed by atoms with Crippen molar-refractivity contribution in [2.45, 2.75) is 33.1 Å². The van der Waals surface area contributed by atoms with Gasteiger partial charge in [-0.05, 0) is 24.3 Å². The van der Waals surface area contributed by atoms with Crippen molar-refractivity contribution in [3.63, 3.8) is 0 Å². The molecule has 0 heterocycles. The zero-order chi connectivity index (χ0) is 7.90. The standard InChI is InChI=1S/C11H16/c1-9-4-3-6-11(2)7-5-10(9)8-11/h5,7-9H,3-4,6H2,1-2H3. The number of allylic oxidation sites excluding steroid dienone is 4. The Bertz CT molecular complexity index is 222. The van der Waals surface area contributed by atoms with Crippen LogP contribution in [-0.2, 0) is 0 Å². The summed E-state index contributed by atoms with van der Waals surface area (Å²) in [4.78, 5) is 0. The molecule has 0 N–H and O–H groups in total. The summed E-state index contributed by atoms with van der Waals surface area (Å²) in [5.41, 5.74) is 1.99. The van der Waals surface area contributed by atoms with Crippen molar-refractivity contribution >= 4 is 0 Å². The van der Waals surface area contributed by atoms with Crippen molar-refractivity contribution in [3.8, 4) is 0 Å². The summed E-state index contributed by atoms with van der Waals surface area (Å²) in [6, 6.07) is 0. The molecule has 0 fully saturated rings. The number of fused-ring (bicyclic) bond motifs is 1. The maximum absolute atomic E-state index is 2.46. The predicted octanol–water partition coefficient (Wildman–Crippen LogP) is 3.31. The summed E-state index contributed by atoms with van der Waals surface area (Å²) in [6.45, 7) is 4.68. The zero-order valence-electron chi connectivity index (χ0n) is 7.43. The van der Waals surface area contributed by atoms with E-state index < -0.39 is 0 Å². The molecule has 0 aromatic rings. The quantitative estimate of drug-likeness (QED) is 0.494. The molecule has 2 rings (SSSR count). The van der Waals surface area contributed by atoms with Crippen LogP contribution in [0.1, 0.15) is 33.1 Å². The fraction of sp³-hybridized carbons (Fsp3) is 0.636. The van der Waals surface area contributed by atoms with E-state index in [-0.39, 0.29) is 0 Å². The first-order valence-electron chi connectivity index (χ1n) is 4.62. The first-order chi connectivity index (χ1) is 5.20. The van der Waals surface area contributed by atoms with E-state index in [1.807, 2.05) is 0 Å². The van der Waals surface area contributed by atoms with Crippen molar-refractivity contribution < 1.29 is 0 Å². The van der Waals surface area contributed by atoms with Gasteiger partial charge in [-0.3, -0.25) is 0 Å². The van der Waals surface area contributed by atoms with E-state index in [2.05, 4.69) is 32.1 Å². The molecule has 0 aliphatic heterocycles. The summed E-state index contributed by atoms with van der Waals surface area (Å²) < 4.78 is 0. The molecule has 0 amide bonds. The fourth-order valence-corrected chi connectivity index (χ4v) is 2.18. The van der Waals surface area contributed by atoms with Crippen molar-refractivity contribution in [1.29, 1.82) is 0 Å². The summed E-state index contributed by atoms with van der Waals surface area (Å²) in [7, 11) is 0. The third kappa shape index (κ3) is 1.15. The molecule has 2 aliphatic rings. The zero-order valence-corrected chi connectivity index (χ0v) is 7.43. The molecule has 0 aromatic heterocycles. The van der Waals surface area contributed by atoms with Crippen LogP contribution in [0.3, 0.4) is 0 Å². The van der Waals surface area contributed by atoms with Crippen LogP contribution in [0.25, 0.3) is 0 Å². The predicted molar refractivity (Wildman–Crippen MR) is 48.3 cm³/mol. The van der Waals surface area contributed by atoms with E-state index >= 15 is 0 Å². The van der Waals surface area contributed by atoms with Crippen molar-refractivity contribution in [3.05, 3.63) is 23.8 Å². The van der Waals surface area contributed by atoms with Crippen LogP contribution in [0.15, 0.2) is 23.8 Å². The van der Waals surface area contributed by atoms with Gasteiger partial charge in [-0.25, -0.2) is 0 Å². The first-order valence-corrected chi connectivity index (χ1v) is 4.62. The summed E-state index contributed by atoms with van der Waals surface area (Å²) >= 11 is 0. The van der Waals surface area contributed by atoms with E-state index in [4.69, 9.17) is 0 Å². The largest absolute Gasteiger partial charge is 0.0745 e. The third-order valence-electron chi connectivity index (χ3n) is 3.07. The lowest BCUT2D eigenvalue weighted by molar-refractivity contribution is 0.465. The van der Waals surface area contributed by atoms with Gasteiger partial charge >= 0.3 is 0 Å². The lowest BCUT2D eigenvalue weighted by atomic mass is 9.87. The Balaban J connectivity index is 2.32. The van der Waals surface area contributed by atoms with Gasteiger partial charge in [0.2, 0.25) is 0 Å². The molecular weight excluding hydrogens is 132 g/mol. The Labute approximate surface area is 69.0 Å². The maximum atomic E-state index is 2.46. The van der Waals surface area contributed by atoms with E-state index in [0.29, 0.717) is 5.41 Å². The second-order valence-corrected chi connectivity index (χ2v) is 4.28. The lowest BCUT2D eigenvalue weighted by Crippen LogP contribution is -2.05. The van der Waals surface area contributed by atoms with Gasteiger partial charge in [-0.15, -0.1) is 0 Å². The van der Waals surface area contributed by atoms with Crippen molar-refractivity contribution in [2.24, 2.45) is 11.3 Å². The second kappa shape index (κ2) is 2.23.